The summed E-state index contributed by atoms with van der Waals surface area (Å²) < 4.78 is 34.5. The normalized spacial score (nSPS) is 13.6. The number of hydrogen-bond acceptors (Lipinski definition) is 4. The van der Waals surface area contributed by atoms with Gasteiger partial charge in [-0.2, -0.15) is 13.0 Å². The van der Waals surface area contributed by atoms with E-state index in [2.05, 4.69) is 79.4 Å². The van der Waals surface area contributed by atoms with Crippen LogP contribution < -0.4 is 9.47 Å². The molecular weight excluding hydrogens is 516 g/mol. The number of halogens is 1. The van der Waals surface area contributed by atoms with Gasteiger partial charge in [0.25, 0.3) is 15.1 Å². The Morgan fingerprint density at radius 2 is 1.80 bits per heavy atom. The van der Waals surface area contributed by atoms with Gasteiger partial charge in [-0.05, 0) is 56.2 Å². The number of nitrogens with zero attached hydrogens (tertiary/aromatic N) is 2. The first-order chi connectivity index (χ1) is 16.4. The molecule has 0 radical (unpaired) electrons. The number of unbranched alkanes of at least 4 members (excludes halogenated alkanes) is 1. The quantitative estimate of drug-likeness (QED) is 0.124. The standard InChI is InChI=1S/C26H35ClN2O3S2Si/c1-6-28(20(2)35(3,4)5)23-13-9-21(10-14-23)11-16-26-29(17-7-8-18-34(30,31)32)24-19-22(27)12-15-25(24)33-26/h9-16,19-20H,6-8,17-18H2,1-5H3/p+1. The van der Waals surface area contributed by atoms with Crippen LogP contribution in [0.4, 0.5) is 5.69 Å². The smallest absolute Gasteiger partial charge is 0.264 e. The second kappa shape index (κ2) is 11.6. The minimum absolute atomic E-state index is 0.223. The van der Waals surface area contributed by atoms with E-state index in [-0.39, 0.29) is 5.75 Å². The first-order valence-corrected chi connectivity index (χ1v) is 18.4. The number of anilines is 1. The lowest BCUT2D eigenvalue weighted by Crippen LogP contribution is -2.49. The first kappa shape index (κ1) is 27.9. The van der Waals surface area contributed by atoms with Crippen LogP contribution in [0.3, 0.4) is 0 Å². The maximum atomic E-state index is 11.1. The molecular formula is C26H36ClN2O3S2Si+. The zero-order valence-corrected chi connectivity index (χ0v) is 24.6. The summed E-state index contributed by atoms with van der Waals surface area (Å²) in [7, 11) is -5.24. The third-order valence-corrected chi connectivity index (χ3v) is 11.4. The van der Waals surface area contributed by atoms with Crippen LogP contribution in [0.1, 0.15) is 37.3 Å². The molecule has 0 fully saturated rings. The number of hydrogen-bond donors (Lipinski definition) is 1. The lowest BCUT2D eigenvalue weighted by molar-refractivity contribution is -0.669. The van der Waals surface area contributed by atoms with Gasteiger partial charge in [0.2, 0.25) is 5.52 Å². The van der Waals surface area contributed by atoms with Gasteiger partial charge in [0, 0.05) is 41.5 Å². The summed E-state index contributed by atoms with van der Waals surface area (Å²) in [5, 5.41) is 1.74. The van der Waals surface area contributed by atoms with Gasteiger partial charge >= 0.3 is 0 Å². The largest absolute Gasteiger partial charge is 0.372 e. The van der Waals surface area contributed by atoms with Crippen LogP contribution >= 0.6 is 22.9 Å². The molecule has 0 spiro atoms. The van der Waals surface area contributed by atoms with Crippen molar-refractivity contribution >= 4 is 69.2 Å². The number of benzene rings is 2. The third-order valence-electron chi connectivity index (χ3n) is 6.43. The lowest BCUT2D eigenvalue weighted by atomic mass is 10.2. The molecule has 3 aromatic rings. The summed E-state index contributed by atoms with van der Waals surface area (Å²) in [4.78, 5) is 2.50. The lowest BCUT2D eigenvalue weighted by Gasteiger charge is -2.38. The van der Waals surface area contributed by atoms with E-state index in [0.29, 0.717) is 30.1 Å². The molecule has 1 N–H and O–H groups in total. The number of aryl methyl sites for hydroxylation is 1. The Bertz CT molecular complexity index is 1280. The molecule has 3 rings (SSSR count). The van der Waals surface area contributed by atoms with Gasteiger partial charge in [-0.1, -0.05) is 54.7 Å². The summed E-state index contributed by atoms with van der Waals surface area (Å²) >= 11 is 7.94. The molecule has 5 nitrogen and oxygen atoms in total. The molecule has 0 aliphatic carbocycles. The Balaban J connectivity index is 1.83. The van der Waals surface area contributed by atoms with Gasteiger partial charge < -0.3 is 4.90 Å². The molecule has 1 atom stereocenters. The number of thiazole rings is 1. The molecule has 35 heavy (non-hydrogen) atoms. The van der Waals surface area contributed by atoms with E-state index in [4.69, 9.17) is 16.2 Å². The summed E-state index contributed by atoms with van der Waals surface area (Å²) in [6, 6.07) is 14.6. The van der Waals surface area contributed by atoms with Crippen molar-refractivity contribution in [2.45, 2.75) is 58.5 Å². The molecule has 2 aromatic carbocycles. The zero-order valence-electron chi connectivity index (χ0n) is 21.2. The number of aromatic nitrogens is 1. The predicted octanol–water partition coefficient (Wildman–Crippen LogP) is 6.77. The predicted molar refractivity (Wildman–Crippen MR) is 154 cm³/mol. The molecule has 9 heteroatoms. The molecule has 0 amide bonds. The molecule has 190 valence electrons. The molecule has 0 saturated carbocycles. The van der Waals surface area contributed by atoms with Crippen LogP contribution in [0.5, 0.6) is 0 Å². The Hall–Kier alpha value is -1.71. The van der Waals surface area contributed by atoms with Crippen molar-refractivity contribution in [2.24, 2.45) is 0 Å². The second-order valence-electron chi connectivity index (χ2n) is 9.95. The summed E-state index contributed by atoms with van der Waals surface area (Å²) in [5.74, 6) is -0.223. The van der Waals surface area contributed by atoms with Crippen molar-refractivity contribution in [3.8, 4) is 0 Å². The minimum Gasteiger partial charge on any atom is -0.372 e. The Morgan fingerprint density at radius 1 is 1.11 bits per heavy atom. The fraction of sp³-hybridized carbons (Fsp3) is 0.423. The highest BCUT2D eigenvalue weighted by molar-refractivity contribution is 7.85. The summed E-state index contributed by atoms with van der Waals surface area (Å²) in [6.45, 7) is 13.4. The second-order valence-corrected chi connectivity index (χ2v) is 18.6. The van der Waals surface area contributed by atoms with Crippen LogP contribution in [0.2, 0.25) is 24.7 Å². The van der Waals surface area contributed by atoms with Gasteiger partial charge in [0.05, 0.1) is 13.8 Å². The van der Waals surface area contributed by atoms with E-state index in [1.807, 2.05) is 18.2 Å². The Labute approximate surface area is 219 Å². The van der Waals surface area contributed by atoms with E-state index < -0.39 is 18.2 Å². The van der Waals surface area contributed by atoms with Gasteiger partial charge in [-0.25, -0.2) is 0 Å². The van der Waals surface area contributed by atoms with Crippen LogP contribution in [0, 0.1) is 0 Å². The van der Waals surface area contributed by atoms with Crippen LogP contribution in [0.25, 0.3) is 22.4 Å². The Morgan fingerprint density at radius 3 is 2.40 bits per heavy atom. The molecule has 1 heterocycles. The van der Waals surface area contributed by atoms with Gasteiger partial charge in [0.1, 0.15) is 4.70 Å². The summed E-state index contributed by atoms with van der Waals surface area (Å²) in [6.07, 6.45) is 5.26. The topological polar surface area (TPSA) is 61.5 Å². The molecule has 0 saturated heterocycles. The van der Waals surface area contributed by atoms with Crippen molar-refractivity contribution in [2.75, 3.05) is 17.2 Å². The maximum Gasteiger partial charge on any atom is 0.264 e. The van der Waals surface area contributed by atoms with Crippen molar-refractivity contribution < 1.29 is 17.5 Å². The summed E-state index contributed by atoms with van der Waals surface area (Å²) in [5.41, 5.74) is 3.96. The van der Waals surface area contributed by atoms with Crippen molar-refractivity contribution in [1.29, 1.82) is 0 Å². The fourth-order valence-electron chi connectivity index (χ4n) is 4.08. The highest BCUT2D eigenvalue weighted by Crippen LogP contribution is 2.26. The van der Waals surface area contributed by atoms with Crippen LogP contribution in [0.15, 0.2) is 42.5 Å². The average molecular weight is 552 g/mol. The molecule has 0 bridgehead atoms. The molecule has 1 aromatic heterocycles. The van der Waals surface area contributed by atoms with E-state index in [9.17, 15) is 8.42 Å². The maximum absolute atomic E-state index is 11.1. The van der Waals surface area contributed by atoms with Crippen molar-refractivity contribution in [3.05, 3.63) is 58.1 Å². The first-order valence-electron chi connectivity index (χ1n) is 12.0. The zero-order chi connectivity index (χ0) is 25.8. The highest BCUT2D eigenvalue weighted by atomic mass is 35.5. The van der Waals surface area contributed by atoms with E-state index in [0.717, 1.165) is 27.3 Å². The third kappa shape index (κ3) is 7.63. The van der Waals surface area contributed by atoms with Gasteiger partial charge in [0.15, 0.2) is 6.54 Å². The van der Waals surface area contributed by atoms with Crippen molar-refractivity contribution in [3.63, 3.8) is 0 Å². The van der Waals surface area contributed by atoms with Gasteiger partial charge in [-0.15, -0.1) is 0 Å². The fourth-order valence-corrected chi connectivity index (χ4v) is 7.15. The van der Waals surface area contributed by atoms with Crippen LogP contribution in [-0.4, -0.2) is 39.0 Å². The highest BCUT2D eigenvalue weighted by Gasteiger charge is 2.27. The molecule has 0 aliphatic heterocycles. The minimum atomic E-state index is -3.94. The monoisotopic (exact) mass is 551 g/mol. The average Bonchev–Trinajstić information content (AvgIpc) is 3.12. The Kier molecular flexibility index (Phi) is 9.20. The molecule has 0 aliphatic rings. The molecule has 1 unspecified atom stereocenters. The van der Waals surface area contributed by atoms with Gasteiger partial charge in [-0.3, -0.25) is 4.55 Å². The van der Waals surface area contributed by atoms with E-state index >= 15 is 0 Å². The number of rotatable bonds is 11. The van der Waals surface area contributed by atoms with E-state index in [1.54, 1.807) is 11.3 Å². The SMILES string of the molecule is CCN(c1ccc(/C=C/c2sc3ccc(Cl)cc3[n+]2CCCCS(=O)(=O)O)cc1)C(C)[Si](C)(C)C. The van der Waals surface area contributed by atoms with Crippen LogP contribution in [-0.2, 0) is 16.7 Å². The van der Waals surface area contributed by atoms with Crippen molar-refractivity contribution in [1.82, 2.24) is 0 Å². The number of fused-ring (bicyclic) bond motifs is 1. The van der Waals surface area contributed by atoms with E-state index in [1.165, 1.54) is 5.69 Å².